The molecule has 0 bridgehead atoms. The van der Waals surface area contributed by atoms with Crippen molar-refractivity contribution in [2.24, 2.45) is 5.73 Å². The van der Waals surface area contributed by atoms with Crippen molar-refractivity contribution in [2.45, 2.75) is 168 Å². The Labute approximate surface area is 276 Å². The largest absolute Gasteiger partial charge is 0.472 e. The molecule has 0 spiro atoms. The van der Waals surface area contributed by atoms with Gasteiger partial charge in [0, 0.05) is 19.6 Å². The summed E-state index contributed by atoms with van der Waals surface area (Å²) in [7, 11) is -4.27. The predicted molar refractivity (Wildman–Crippen MR) is 187 cm³/mol. The summed E-state index contributed by atoms with van der Waals surface area (Å²) < 4.78 is 33.2. The fourth-order valence-electron chi connectivity index (χ4n) is 4.85. The highest BCUT2D eigenvalue weighted by Gasteiger charge is 2.25. The number of unbranched alkanes of at least 4 members (excludes halogenated alkanes) is 18. The summed E-state index contributed by atoms with van der Waals surface area (Å²) in [6, 6.07) is 0. The van der Waals surface area contributed by atoms with E-state index in [0.29, 0.717) is 13.0 Å². The molecule has 3 N–H and O–H groups in total. The molecule has 0 fully saturated rings. The van der Waals surface area contributed by atoms with Crippen molar-refractivity contribution in [2.75, 3.05) is 33.0 Å². The van der Waals surface area contributed by atoms with E-state index in [1.165, 1.54) is 96.3 Å². The van der Waals surface area contributed by atoms with Crippen molar-refractivity contribution in [1.82, 2.24) is 0 Å². The summed E-state index contributed by atoms with van der Waals surface area (Å²) in [5.74, 6) is -0.344. The number of carbonyl (C=O) groups is 1. The molecule has 2 unspecified atom stereocenters. The van der Waals surface area contributed by atoms with E-state index in [1.807, 2.05) is 0 Å². The van der Waals surface area contributed by atoms with Gasteiger partial charge in [0.25, 0.3) is 0 Å². The van der Waals surface area contributed by atoms with Gasteiger partial charge in [-0.05, 0) is 57.8 Å². The molecule has 0 aromatic rings. The topological polar surface area (TPSA) is 117 Å². The van der Waals surface area contributed by atoms with E-state index in [2.05, 4.69) is 38.2 Å². The molecule has 45 heavy (non-hydrogen) atoms. The second-order valence-corrected chi connectivity index (χ2v) is 13.5. The van der Waals surface area contributed by atoms with Crippen molar-refractivity contribution >= 4 is 13.8 Å². The third-order valence-corrected chi connectivity index (χ3v) is 8.58. The van der Waals surface area contributed by atoms with E-state index in [9.17, 15) is 14.3 Å². The lowest BCUT2D eigenvalue weighted by molar-refractivity contribution is -0.154. The monoisotopic (exact) mass is 659 g/mol. The van der Waals surface area contributed by atoms with Crippen LogP contribution in [0.3, 0.4) is 0 Å². The number of phosphoric acid groups is 1. The summed E-state index contributed by atoms with van der Waals surface area (Å²) in [6.07, 6.45) is 34.7. The van der Waals surface area contributed by atoms with E-state index in [0.717, 1.165) is 44.9 Å². The van der Waals surface area contributed by atoms with Crippen LogP contribution in [-0.4, -0.2) is 49.9 Å². The van der Waals surface area contributed by atoms with Crippen LogP contribution in [0.2, 0.25) is 0 Å². The van der Waals surface area contributed by atoms with Crippen LogP contribution in [0.15, 0.2) is 24.3 Å². The zero-order chi connectivity index (χ0) is 33.1. The zero-order valence-electron chi connectivity index (χ0n) is 29.1. The summed E-state index contributed by atoms with van der Waals surface area (Å²) in [4.78, 5) is 22.3. The Kier molecular flexibility index (Phi) is 33.5. The number of rotatable bonds is 35. The number of esters is 1. The molecule has 266 valence electrons. The Bertz CT molecular complexity index is 747. The second-order valence-electron chi connectivity index (χ2n) is 12.1. The van der Waals surface area contributed by atoms with Crippen LogP contribution < -0.4 is 5.73 Å². The van der Waals surface area contributed by atoms with Crippen molar-refractivity contribution in [3.63, 3.8) is 0 Å². The highest BCUT2D eigenvalue weighted by molar-refractivity contribution is 7.47. The molecule has 0 saturated heterocycles. The number of phosphoric ester groups is 1. The van der Waals surface area contributed by atoms with Gasteiger partial charge in [-0.2, -0.15) is 0 Å². The van der Waals surface area contributed by atoms with Gasteiger partial charge in [0.2, 0.25) is 0 Å². The molecular formula is C36H70NO7P. The quantitative estimate of drug-likeness (QED) is 0.0299. The number of nitrogens with two attached hydrogens (primary N) is 1. The van der Waals surface area contributed by atoms with E-state index in [1.54, 1.807) is 0 Å². The van der Waals surface area contributed by atoms with Crippen LogP contribution >= 0.6 is 7.82 Å². The maximum atomic E-state index is 12.5. The third-order valence-electron chi connectivity index (χ3n) is 7.59. The first-order chi connectivity index (χ1) is 21.9. The Morgan fingerprint density at radius 1 is 0.644 bits per heavy atom. The highest BCUT2D eigenvalue weighted by Crippen LogP contribution is 2.43. The minimum atomic E-state index is -4.27. The molecule has 0 aromatic heterocycles. The van der Waals surface area contributed by atoms with Crippen LogP contribution in [0.5, 0.6) is 0 Å². The van der Waals surface area contributed by atoms with Gasteiger partial charge in [-0.1, -0.05) is 122 Å². The van der Waals surface area contributed by atoms with Crippen LogP contribution in [0.1, 0.15) is 162 Å². The average Bonchev–Trinajstić information content (AvgIpc) is 3.02. The van der Waals surface area contributed by atoms with Gasteiger partial charge >= 0.3 is 13.8 Å². The third kappa shape index (κ3) is 34.1. The van der Waals surface area contributed by atoms with Crippen molar-refractivity contribution < 1.29 is 32.8 Å². The molecule has 0 saturated carbocycles. The van der Waals surface area contributed by atoms with E-state index in [-0.39, 0.29) is 32.3 Å². The molecule has 0 aliphatic rings. The lowest BCUT2D eigenvalue weighted by Crippen LogP contribution is -2.28. The van der Waals surface area contributed by atoms with Gasteiger partial charge in [0.15, 0.2) is 0 Å². The first kappa shape index (κ1) is 44.0. The number of allylic oxidation sites excluding steroid dienone is 4. The zero-order valence-corrected chi connectivity index (χ0v) is 30.0. The molecule has 0 amide bonds. The Morgan fingerprint density at radius 2 is 1.13 bits per heavy atom. The summed E-state index contributed by atoms with van der Waals surface area (Å²) >= 11 is 0. The smallest absolute Gasteiger partial charge is 0.457 e. The van der Waals surface area contributed by atoms with Gasteiger partial charge < -0.3 is 20.1 Å². The normalized spacial score (nSPS) is 14.0. The molecule has 0 aliphatic heterocycles. The molecule has 2 atom stereocenters. The first-order valence-electron chi connectivity index (χ1n) is 18.3. The lowest BCUT2D eigenvalue weighted by atomic mass is 10.1. The van der Waals surface area contributed by atoms with Gasteiger partial charge in [-0.15, -0.1) is 0 Å². The molecule has 0 radical (unpaired) electrons. The van der Waals surface area contributed by atoms with E-state index < -0.39 is 13.9 Å². The molecule has 0 rings (SSSR count). The molecule has 8 nitrogen and oxygen atoms in total. The maximum Gasteiger partial charge on any atom is 0.472 e. The second kappa shape index (κ2) is 34.3. The van der Waals surface area contributed by atoms with Crippen molar-refractivity contribution in [3.8, 4) is 0 Å². The molecule has 0 aliphatic carbocycles. The van der Waals surface area contributed by atoms with Crippen molar-refractivity contribution in [1.29, 1.82) is 0 Å². The summed E-state index contributed by atoms with van der Waals surface area (Å²) in [5.41, 5.74) is 5.34. The van der Waals surface area contributed by atoms with Crippen LogP contribution in [-0.2, 0) is 27.9 Å². The maximum absolute atomic E-state index is 12.5. The number of ether oxygens (including phenoxy) is 2. The van der Waals surface area contributed by atoms with E-state index >= 15 is 0 Å². The number of carbonyl (C=O) groups excluding carboxylic acids is 1. The summed E-state index contributed by atoms with van der Waals surface area (Å²) in [6.45, 7) is 4.84. The number of hydrogen-bond donors (Lipinski definition) is 2. The summed E-state index contributed by atoms with van der Waals surface area (Å²) in [5, 5.41) is 0. The van der Waals surface area contributed by atoms with Gasteiger partial charge in [0.05, 0.1) is 19.8 Å². The lowest BCUT2D eigenvalue weighted by Gasteiger charge is -2.20. The predicted octanol–water partition coefficient (Wildman–Crippen LogP) is 10.1. The van der Waals surface area contributed by atoms with Crippen molar-refractivity contribution in [3.05, 3.63) is 24.3 Å². The Hall–Kier alpha value is -1.02. The first-order valence-corrected chi connectivity index (χ1v) is 19.8. The highest BCUT2D eigenvalue weighted by atomic mass is 31.2. The minimum absolute atomic E-state index is 0.0974. The standard InChI is InChI=1S/C36H70NO7P/c1-3-5-7-9-11-13-15-16-17-18-20-22-24-26-28-31-41-33-35(34-43-45(39,40)42-32-30-37)44-36(38)29-27-25-23-21-19-14-12-10-8-6-4-2/h10,12,15-16,35H,3-9,11,13-14,17-34,37H2,1-2H3,(H,39,40)/b12-10-,16-15-. The van der Waals surface area contributed by atoms with Crippen LogP contribution in [0.4, 0.5) is 0 Å². The van der Waals surface area contributed by atoms with Gasteiger partial charge in [0.1, 0.15) is 6.10 Å². The molecule has 0 aromatic carbocycles. The Balaban J connectivity index is 4.11. The number of hydrogen-bond acceptors (Lipinski definition) is 7. The van der Waals surface area contributed by atoms with Crippen LogP contribution in [0.25, 0.3) is 0 Å². The fourth-order valence-corrected chi connectivity index (χ4v) is 5.62. The van der Waals surface area contributed by atoms with Gasteiger partial charge in [-0.25, -0.2) is 4.57 Å². The van der Waals surface area contributed by atoms with Gasteiger partial charge in [-0.3, -0.25) is 13.8 Å². The molecule has 0 heterocycles. The average molecular weight is 660 g/mol. The Morgan fingerprint density at radius 3 is 1.69 bits per heavy atom. The molecule has 9 heteroatoms. The molecular weight excluding hydrogens is 589 g/mol. The minimum Gasteiger partial charge on any atom is -0.457 e. The van der Waals surface area contributed by atoms with Crippen LogP contribution in [0, 0.1) is 0 Å². The fraction of sp³-hybridized carbons (Fsp3) is 0.861. The van der Waals surface area contributed by atoms with E-state index in [4.69, 9.17) is 24.3 Å². The SMILES string of the molecule is CCCC/C=C\CCCCCCCC(=O)OC(COCCCCCCCC/C=C\CCCCCCC)COP(=O)(O)OCCN.